The second-order valence-corrected chi connectivity index (χ2v) is 6.86. The topological polar surface area (TPSA) is 126 Å². The first-order valence-electron chi connectivity index (χ1n) is 8.53. The van der Waals surface area contributed by atoms with Crippen molar-refractivity contribution in [2.75, 3.05) is 10.6 Å². The number of thiophene rings is 1. The van der Waals surface area contributed by atoms with Crippen LogP contribution >= 0.6 is 11.3 Å². The fourth-order valence-corrected chi connectivity index (χ4v) is 3.16. The van der Waals surface area contributed by atoms with Crippen LogP contribution in [0.25, 0.3) is 11.5 Å². The largest absolute Gasteiger partial charge is 0.477 e. The van der Waals surface area contributed by atoms with Gasteiger partial charge in [-0.25, -0.2) is 24.7 Å². The fraction of sp³-hybridized carbons (Fsp3) is 0.0526. The summed E-state index contributed by atoms with van der Waals surface area (Å²) in [6.45, 7) is 1.91. The molecule has 0 aliphatic carbocycles. The van der Waals surface area contributed by atoms with Crippen LogP contribution in [0.3, 0.4) is 0 Å². The molecule has 0 aliphatic rings. The summed E-state index contributed by atoms with van der Waals surface area (Å²) in [7, 11) is 0. The molecule has 0 aromatic carbocycles. The predicted molar refractivity (Wildman–Crippen MR) is 110 cm³/mol. The van der Waals surface area contributed by atoms with Crippen molar-refractivity contribution in [2.24, 2.45) is 0 Å². The molecule has 4 aromatic heterocycles. The molecule has 4 heterocycles. The molecule has 0 saturated heterocycles. The number of aryl methyl sites for hydroxylation is 1. The van der Waals surface area contributed by atoms with E-state index in [9.17, 15) is 4.79 Å². The van der Waals surface area contributed by atoms with E-state index in [0.29, 0.717) is 34.8 Å². The molecular weight excluding hydrogens is 390 g/mol. The molecule has 0 amide bonds. The summed E-state index contributed by atoms with van der Waals surface area (Å²) in [5, 5.41) is 16.8. The summed E-state index contributed by atoms with van der Waals surface area (Å²) in [5.74, 6) is 0.955. The van der Waals surface area contributed by atoms with Gasteiger partial charge in [0.15, 0.2) is 5.82 Å². The van der Waals surface area contributed by atoms with E-state index < -0.39 is 5.97 Å². The molecular formula is C19H15N7O2S. The van der Waals surface area contributed by atoms with E-state index in [1.165, 1.54) is 6.07 Å². The molecule has 0 unspecified atom stereocenters. The molecule has 0 spiro atoms. The molecule has 3 N–H and O–H groups in total. The van der Waals surface area contributed by atoms with Crippen molar-refractivity contribution in [3.8, 4) is 11.5 Å². The lowest BCUT2D eigenvalue weighted by Crippen LogP contribution is -2.02. The van der Waals surface area contributed by atoms with Crippen LogP contribution in [0.5, 0.6) is 0 Å². The third-order valence-corrected chi connectivity index (χ3v) is 4.67. The summed E-state index contributed by atoms with van der Waals surface area (Å²) >= 11 is 1.13. The van der Waals surface area contributed by atoms with Crippen LogP contribution in [-0.2, 0) is 0 Å². The Morgan fingerprint density at radius 1 is 1.00 bits per heavy atom. The smallest absolute Gasteiger partial charge is 0.345 e. The van der Waals surface area contributed by atoms with E-state index in [0.717, 1.165) is 17.0 Å². The van der Waals surface area contributed by atoms with E-state index in [2.05, 4.69) is 35.6 Å². The molecule has 0 saturated carbocycles. The van der Waals surface area contributed by atoms with Crippen LogP contribution < -0.4 is 10.6 Å². The highest BCUT2D eigenvalue weighted by atomic mass is 32.1. The average molecular weight is 405 g/mol. The zero-order valence-electron chi connectivity index (χ0n) is 15.2. The van der Waals surface area contributed by atoms with Crippen LogP contribution in [0.15, 0.2) is 54.2 Å². The van der Waals surface area contributed by atoms with Gasteiger partial charge in [0.2, 0.25) is 5.95 Å². The Morgan fingerprint density at radius 3 is 2.55 bits per heavy atom. The number of anilines is 4. The molecule has 4 rings (SSSR count). The third kappa shape index (κ3) is 4.50. The van der Waals surface area contributed by atoms with Crippen LogP contribution in [0.1, 0.15) is 15.4 Å². The van der Waals surface area contributed by atoms with Crippen molar-refractivity contribution >= 4 is 40.6 Å². The van der Waals surface area contributed by atoms with Gasteiger partial charge in [-0.1, -0.05) is 6.07 Å². The molecule has 4 aromatic rings. The summed E-state index contributed by atoms with van der Waals surface area (Å²) < 4.78 is 0. The zero-order valence-corrected chi connectivity index (χ0v) is 16.0. The highest BCUT2D eigenvalue weighted by Gasteiger charge is 2.09. The lowest BCUT2D eigenvalue weighted by atomic mass is 10.3. The fourth-order valence-electron chi connectivity index (χ4n) is 2.48. The van der Waals surface area contributed by atoms with Gasteiger partial charge in [0.1, 0.15) is 22.2 Å². The van der Waals surface area contributed by atoms with Gasteiger partial charge >= 0.3 is 5.97 Å². The number of pyridine rings is 1. The van der Waals surface area contributed by atoms with E-state index in [1.54, 1.807) is 29.9 Å². The van der Waals surface area contributed by atoms with Crippen molar-refractivity contribution in [1.82, 2.24) is 24.9 Å². The van der Waals surface area contributed by atoms with Gasteiger partial charge in [-0.3, -0.25) is 0 Å². The highest BCUT2D eigenvalue weighted by Crippen LogP contribution is 2.23. The van der Waals surface area contributed by atoms with Crippen LogP contribution in [-0.4, -0.2) is 36.0 Å². The Kier molecular flexibility index (Phi) is 5.08. The number of carboxylic acid groups (broad SMARTS) is 1. The average Bonchev–Trinajstić information content (AvgIpc) is 3.17. The SMILES string of the molecule is Cc1cccc(-c2nccc(Nc3ccnc(Nc4csc(C(=O)O)c4)n3)n2)n1. The monoisotopic (exact) mass is 405 g/mol. The highest BCUT2D eigenvalue weighted by molar-refractivity contribution is 7.12. The van der Waals surface area contributed by atoms with Gasteiger partial charge in [0.25, 0.3) is 0 Å². The molecule has 29 heavy (non-hydrogen) atoms. The maximum Gasteiger partial charge on any atom is 0.345 e. The lowest BCUT2D eigenvalue weighted by Gasteiger charge is -2.08. The van der Waals surface area contributed by atoms with Gasteiger partial charge in [-0.05, 0) is 37.3 Å². The number of aromatic carboxylic acids is 1. The van der Waals surface area contributed by atoms with E-state index >= 15 is 0 Å². The summed E-state index contributed by atoms with van der Waals surface area (Å²) in [6.07, 6.45) is 3.24. The van der Waals surface area contributed by atoms with E-state index in [-0.39, 0.29) is 4.88 Å². The van der Waals surface area contributed by atoms with Gasteiger partial charge in [-0.2, -0.15) is 4.98 Å². The molecule has 10 heteroatoms. The molecule has 0 fully saturated rings. The molecule has 0 radical (unpaired) electrons. The first kappa shape index (κ1) is 18.4. The zero-order chi connectivity index (χ0) is 20.2. The summed E-state index contributed by atoms with van der Waals surface area (Å²) in [5.41, 5.74) is 2.18. The van der Waals surface area contributed by atoms with Gasteiger partial charge < -0.3 is 15.7 Å². The van der Waals surface area contributed by atoms with Gasteiger partial charge in [0, 0.05) is 23.5 Å². The minimum absolute atomic E-state index is 0.236. The normalized spacial score (nSPS) is 10.5. The van der Waals surface area contributed by atoms with Gasteiger partial charge in [-0.15, -0.1) is 11.3 Å². The number of hydrogen-bond donors (Lipinski definition) is 3. The quantitative estimate of drug-likeness (QED) is 0.438. The second-order valence-electron chi connectivity index (χ2n) is 5.95. The van der Waals surface area contributed by atoms with Crippen molar-refractivity contribution in [2.45, 2.75) is 6.92 Å². The van der Waals surface area contributed by atoms with Crippen molar-refractivity contribution < 1.29 is 9.90 Å². The number of rotatable bonds is 6. The Bertz CT molecular complexity index is 1180. The van der Waals surface area contributed by atoms with Crippen LogP contribution in [0.2, 0.25) is 0 Å². The van der Waals surface area contributed by atoms with Crippen LogP contribution in [0.4, 0.5) is 23.3 Å². The molecule has 9 nitrogen and oxygen atoms in total. The molecule has 0 aliphatic heterocycles. The third-order valence-electron chi connectivity index (χ3n) is 3.75. The number of aromatic nitrogens is 5. The van der Waals surface area contributed by atoms with Crippen molar-refractivity contribution in [1.29, 1.82) is 0 Å². The Balaban J connectivity index is 1.52. The first-order valence-corrected chi connectivity index (χ1v) is 9.41. The standard InChI is InChI=1S/C19H15N7O2S/c1-11-3-2-4-13(22-11)17-20-7-5-15(25-17)24-16-6-8-21-19(26-16)23-12-9-14(18(27)28)29-10-12/h2-10H,1H3,(H,27,28)(H2,20,21,23,24,25,26). The number of nitrogens with zero attached hydrogens (tertiary/aromatic N) is 5. The molecule has 144 valence electrons. The lowest BCUT2D eigenvalue weighted by molar-refractivity contribution is 0.0702. The Morgan fingerprint density at radius 2 is 1.79 bits per heavy atom. The second kappa shape index (κ2) is 7.98. The van der Waals surface area contributed by atoms with Crippen LogP contribution in [0, 0.1) is 6.92 Å². The molecule has 0 bridgehead atoms. The van der Waals surface area contributed by atoms with E-state index in [1.807, 2.05) is 25.1 Å². The molecule has 0 atom stereocenters. The number of nitrogens with one attached hydrogen (secondary N) is 2. The summed E-state index contributed by atoms with van der Waals surface area (Å²) in [6, 6.07) is 10.6. The Labute approximate surface area is 169 Å². The summed E-state index contributed by atoms with van der Waals surface area (Å²) in [4.78, 5) is 33.0. The number of carbonyl (C=O) groups is 1. The van der Waals surface area contributed by atoms with Gasteiger partial charge in [0.05, 0.1) is 5.69 Å². The van der Waals surface area contributed by atoms with E-state index in [4.69, 9.17) is 5.11 Å². The maximum absolute atomic E-state index is 11.0. The van der Waals surface area contributed by atoms with Crippen molar-refractivity contribution in [3.05, 3.63) is 64.7 Å². The van der Waals surface area contributed by atoms with Crippen molar-refractivity contribution in [3.63, 3.8) is 0 Å². The minimum atomic E-state index is -0.970. The first-order chi connectivity index (χ1) is 14.1. The predicted octanol–water partition coefficient (Wildman–Crippen LogP) is 3.88. The Hall–Kier alpha value is -3.92. The number of carboxylic acids is 1. The minimum Gasteiger partial charge on any atom is -0.477 e. The number of hydrogen-bond acceptors (Lipinski definition) is 9. The maximum atomic E-state index is 11.0.